The summed E-state index contributed by atoms with van der Waals surface area (Å²) in [5, 5.41) is 3.42. The van der Waals surface area contributed by atoms with Crippen molar-refractivity contribution in [3.05, 3.63) is 18.1 Å². The molecule has 4 nitrogen and oxygen atoms in total. The van der Waals surface area contributed by atoms with Crippen molar-refractivity contribution < 1.29 is 0 Å². The van der Waals surface area contributed by atoms with Gasteiger partial charge in [-0.15, -0.1) is 0 Å². The first-order chi connectivity index (χ1) is 8.75. The lowest BCUT2D eigenvalue weighted by Crippen LogP contribution is -2.35. The Kier molecular flexibility index (Phi) is 3.81. The van der Waals surface area contributed by atoms with Gasteiger partial charge in [-0.3, -0.25) is 4.98 Å². The van der Waals surface area contributed by atoms with E-state index in [1.165, 1.54) is 6.42 Å². The van der Waals surface area contributed by atoms with Crippen LogP contribution in [0.15, 0.2) is 12.4 Å². The summed E-state index contributed by atoms with van der Waals surface area (Å²) in [5.41, 5.74) is 1.50. The molecule has 0 aromatic carbocycles. The van der Waals surface area contributed by atoms with E-state index in [-0.39, 0.29) is 5.54 Å². The maximum Gasteiger partial charge on any atom is 0.147 e. The first-order valence-electron chi connectivity index (χ1n) is 7.06. The van der Waals surface area contributed by atoms with Gasteiger partial charge < -0.3 is 10.2 Å². The predicted octanol–water partition coefficient (Wildman–Crippen LogP) is 2.60. The van der Waals surface area contributed by atoms with Crippen LogP contribution < -0.4 is 10.2 Å². The van der Waals surface area contributed by atoms with Crippen LogP contribution in [0.1, 0.15) is 46.7 Å². The number of hydrogen-bond acceptors (Lipinski definition) is 4. The normalized spacial score (nSPS) is 18.9. The lowest BCUT2D eigenvalue weighted by atomic mass is 9.93. The number of nitrogens with zero attached hydrogens (tertiary/aromatic N) is 3. The van der Waals surface area contributed by atoms with Gasteiger partial charge in [0.05, 0.1) is 18.1 Å². The molecule has 106 valence electrons. The van der Waals surface area contributed by atoms with E-state index in [0.717, 1.165) is 31.1 Å². The Morgan fingerprint density at radius 3 is 2.47 bits per heavy atom. The van der Waals surface area contributed by atoms with E-state index in [4.69, 9.17) is 0 Å². The Hall–Kier alpha value is -1.16. The van der Waals surface area contributed by atoms with Gasteiger partial charge in [0.25, 0.3) is 0 Å². The molecule has 0 spiro atoms. The molecule has 0 atom stereocenters. The van der Waals surface area contributed by atoms with Gasteiger partial charge in [-0.1, -0.05) is 13.8 Å². The molecule has 2 heterocycles. The molecular weight excluding hydrogens is 236 g/mol. The van der Waals surface area contributed by atoms with Crippen LogP contribution in [0.4, 0.5) is 5.82 Å². The third-order valence-corrected chi connectivity index (χ3v) is 3.49. The molecule has 1 N–H and O–H groups in total. The van der Waals surface area contributed by atoms with Crippen LogP contribution in [-0.4, -0.2) is 28.6 Å². The molecule has 0 bridgehead atoms. The predicted molar refractivity (Wildman–Crippen MR) is 79.2 cm³/mol. The van der Waals surface area contributed by atoms with Gasteiger partial charge in [-0.25, -0.2) is 4.98 Å². The minimum absolute atomic E-state index is 0.110. The third kappa shape index (κ3) is 4.16. The largest absolute Gasteiger partial charge is 0.355 e. The summed E-state index contributed by atoms with van der Waals surface area (Å²) in [6.45, 7) is 14.0. The summed E-state index contributed by atoms with van der Waals surface area (Å²) in [6, 6.07) is 0. The summed E-state index contributed by atoms with van der Waals surface area (Å²) < 4.78 is 0. The molecule has 1 fully saturated rings. The molecule has 1 aromatic rings. The molecule has 1 aliphatic heterocycles. The van der Waals surface area contributed by atoms with E-state index >= 15 is 0 Å². The Labute approximate surface area is 116 Å². The minimum atomic E-state index is 0.110. The van der Waals surface area contributed by atoms with Gasteiger partial charge in [0, 0.05) is 25.2 Å². The van der Waals surface area contributed by atoms with Gasteiger partial charge in [-0.2, -0.15) is 0 Å². The van der Waals surface area contributed by atoms with Crippen LogP contribution in [0, 0.1) is 5.41 Å². The van der Waals surface area contributed by atoms with Crippen LogP contribution in [0.3, 0.4) is 0 Å². The van der Waals surface area contributed by atoms with Crippen LogP contribution >= 0.6 is 0 Å². The molecule has 0 amide bonds. The minimum Gasteiger partial charge on any atom is -0.355 e. The van der Waals surface area contributed by atoms with E-state index in [0.29, 0.717) is 5.41 Å². The molecule has 19 heavy (non-hydrogen) atoms. The van der Waals surface area contributed by atoms with E-state index in [1.54, 1.807) is 0 Å². The summed E-state index contributed by atoms with van der Waals surface area (Å²) in [4.78, 5) is 11.4. The molecule has 0 saturated carbocycles. The Balaban J connectivity index is 1.95. The molecule has 1 aromatic heterocycles. The zero-order valence-electron chi connectivity index (χ0n) is 12.8. The van der Waals surface area contributed by atoms with Crippen molar-refractivity contribution in [3.63, 3.8) is 0 Å². The highest BCUT2D eigenvalue weighted by Crippen LogP contribution is 2.31. The molecule has 0 radical (unpaired) electrons. The average molecular weight is 262 g/mol. The number of nitrogens with one attached hydrogen (secondary N) is 1. The van der Waals surface area contributed by atoms with Crippen molar-refractivity contribution in [1.82, 2.24) is 15.3 Å². The van der Waals surface area contributed by atoms with Gasteiger partial charge in [0.2, 0.25) is 0 Å². The Morgan fingerprint density at radius 2 is 2.00 bits per heavy atom. The number of anilines is 1. The smallest absolute Gasteiger partial charge is 0.147 e. The van der Waals surface area contributed by atoms with Crippen molar-refractivity contribution in [2.75, 3.05) is 18.0 Å². The fraction of sp³-hybridized carbons (Fsp3) is 0.733. The molecular formula is C15H26N4. The fourth-order valence-corrected chi connectivity index (χ4v) is 2.27. The van der Waals surface area contributed by atoms with Crippen LogP contribution in [0.25, 0.3) is 0 Å². The summed E-state index contributed by atoms with van der Waals surface area (Å²) >= 11 is 0. The lowest BCUT2D eigenvalue weighted by molar-refractivity contribution is 0.418. The highest BCUT2D eigenvalue weighted by Gasteiger charge is 2.29. The summed E-state index contributed by atoms with van der Waals surface area (Å²) in [6.07, 6.45) is 5.02. The number of hydrogen-bond donors (Lipinski definition) is 1. The molecule has 4 heteroatoms. The summed E-state index contributed by atoms with van der Waals surface area (Å²) in [5.74, 6) is 1.00. The van der Waals surface area contributed by atoms with Crippen molar-refractivity contribution in [3.8, 4) is 0 Å². The first kappa shape index (κ1) is 14.3. The van der Waals surface area contributed by atoms with E-state index < -0.39 is 0 Å². The summed E-state index contributed by atoms with van der Waals surface area (Å²) in [7, 11) is 0. The molecule has 0 unspecified atom stereocenters. The van der Waals surface area contributed by atoms with Crippen LogP contribution in [0.2, 0.25) is 0 Å². The SMILES string of the molecule is CC1(C)CCN(c2cnc(CNC(C)(C)C)cn2)C1. The van der Waals surface area contributed by atoms with Crippen LogP contribution in [0.5, 0.6) is 0 Å². The highest BCUT2D eigenvalue weighted by atomic mass is 15.2. The molecule has 0 aliphatic carbocycles. The molecule has 2 rings (SSSR count). The lowest BCUT2D eigenvalue weighted by Gasteiger charge is -2.21. The Bertz CT molecular complexity index is 417. The first-order valence-corrected chi connectivity index (χ1v) is 7.06. The van der Waals surface area contributed by atoms with E-state index in [9.17, 15) is 0 Å². The van der Waals surface area contributed by atoms with Crippen molar-refractivity contribution in [1.29, 1.82) is 0 Å². The zero-order valence-corrected chi connectivity index (χ0v) is 12.8. The fourth-order valence-electron chi connectivity index (χ4n) is 2.27. The second-order valence-electron chi connectivity index (χ2n) is 7.31. The van der Waals surface area contributed by atoms with Gasteiger partial charge in [0.1, 0.15) is 5.82 Å². The van der Waals surface area contributed by atoms with Crippen LogP contribution in [-0.2, 0) is 6.54 Å². The van der Waals surface area contributed by atoms with E-state index in [1.807, 2.05) is 12.4 Å². The number of aromatic nitrogens is 2. The van der Waals surface area contributed by atoms with Gasteiger partial charge >= 0.3 is 0 Å². The maximum absolute atomic E-state index is 4.55. The number of rotatable bonds is 3. The maximum atomic E-state index is 4.55. The third-order valence-electron chi connectivity index (χ3n) is 3.49. The highest BCUT2D eigenvalue weighted by molar-refractivity contribution is 5.37. The van der Waals surface area contributed by atoms with E-state index in [2.05, 4.69) is 54.8 Å². The van der Waals surface area contributed by atoms with Crippen molar-refractivity contribution >= 4 is 5.82 Å². The monoisotopic (exact) mass is 262 g/mol. The Morgan fingerprint density at radius 1 is 1.26 bits per heavy atom. The van der Waals surface area contributed by atoms with Crippen molar-refractivity contribution in [2.24, 2.45) is 5.41 Å². The zero-order chi connectivity index (χ0) is 14.1. The van der Waals surface area contributed by atoms with Gasteiger partial charge in [-0.05, 0) is 32.6 Å². The second kappa shape index (κ2) is 5.08. The molecule has 1 saturated heterocycles. The van der Waals surface area contributed by atoms with Gasteiger partial charge in [0.15, 0.2) is 0 Å². The topological polar surface area (TPSA) is 41.1 Å². The second-order valence-corrected chi connectivity index (χ2v) is 7.31. The standard InChI is InChI=1S/C15H26N4/c1-14(2,3)18-9-12-8-17-13(10-16-12)19-7-6-15(4,5)11-19/h8,10,18H,6-7,9,11H2,1-5H3. The average Bonchev–Trinajstić information content (AvgIpc) is 2.67. The molecule has 1 aliphatic rings. The quantitative estimate of drug-likeness (QED) is 0.909. The van der Waals surface area contributed by atoms with Crippen molar-refractivity contribution in [2.45, 2.75) is 53.1 Å².